The van der Waals surface area contributed by atoms with Gasteiger partial charge >= 0.3 is 0 Å². The van der Waals surface area contributed by atoms with Crippen molar-refractivity contribution in [3.63, 3.8) is 0 Å². The molecule has 1 N–H and O–H groups in total. The van der Waals surface area contributed by atoms with E-state index in [9.17, 15) is 9.90 Å². The van der Waals surface area contributed by atoms with Crippen LogP contribution in [0.25, 0.3) is 0 Å². The van der Waals surface area contributed by atoms with Crippen LogP contribution in [-0.2, 0) is 4.79 Å². The zero-order chi connectivity index (χ0) is 12.7. The van der Waals surface area contributed by atoms with E-state index in [0.717, 1.165) is 16.4 Å². The van der Waals surface area contributed by atoms with Crippen LogP contribution in [0.1, 0.15) is 19.8 Å². The minimum absolute atomic E-state index is 0.0276. The zero-order valence-corrected chi connectivity index (χ0v) is 11.0. The third-order valence-electron chi connectivity index (χ3n) is 2.30. The molecule has 0 bridgehead atoms. The van der Waals surface area contributed by atoms with Gasteiger partial charge in [0.25, 0.3) is 0 Å². The summed E-state index contributed by atoms with van der Waals surface area (Å²) in [6.45, 7) is 1.50. The maximum atomic E-state index is 10.8. The van der Waals surface area contributed by atoms with Crippen molar-refractivity contribution in [3.8, 4) is 5.75 Å². The summed E-state index contributed by atoms with van der Waals surface area (Å²) in [5.41, 5.74) is 0. The molecule has 0 amide bonds. The molecule has 0 saturated carbocycles. The number of carbonyl (C=O) groups excluding carboxylic acids is 1. The molecule has 0 aliphatic heterocycles. The largest absolute Gasteiger partial charge is 0.496 e. The molecule has 4 heteroatoms. The lowest BCUT2D eigenvalue weighted by atomic mass is 10.1. The second-order valence-electron chi connectivity index (χ2n) is 3.85. The summed E-state index contributed by atoms with van der Waals surface area (Å²) >= 11 is 1.63. The van der Waals surface area contributed by atoms with Crippen LogP contribution in [0.15, 0.2) is 29.2 Å². The van der Waals surface area contributed by atoms with E-state index in [0.29, 0.717) is 6.42 Å². The van der Waals surface area contributed by atoms with Gasteiger partial charge < -0.3 is 9.84 Å². The van der Waals surface area contributed by atoms with Gasteiger partial charge in [0.1, 0.15) is 11.5 Å². The minimum Gasteiger partial charge on any atom is -0.496 e. The molecule has 1 rings (SSSR count). The Labute approximate surface area is 106 Å². The van der Waals surface area contributed by atoms with Crippen molar-refractivity contribution in [2.75, 3.05) is 12.9 Å². The second kappa shape index (κ2) is 7.35. The average Bonchev–Trinajstić information content (AvgIpc) is 2.28. The summed E-state index contributed by atoms with van der Waals surface area (Å²) in [6, 6.07) is 7.78. The predicted octanol–water partition coefficient (Wildman–Crippen LogP) is 2.52. The van der Waals surface area contributed by atoms with Crippen molar-refractivity contribution in [1.29, 1.82) is 0 Å². The summed E-state index contributed by atoms with van der Waals surface area (Å²) in [4.78, 5) is 11.9. The Morgan fingerprint density at radius 2 is 2.18 bits per heavy atom. The zero-order valence-electron chi connectivity index (χ0n) is 10.2. The Hall–Kier alpha value is -1.00. The average molecular weight is 254 g/mol. The first-order chi connectivity index (χ1) is 8.13. The SMILES string of the molecule is COc1ccccc1SCCC(O)CC(C)=O. The molecule has 94 valence electrons. The van der Waals surface area contributed by atoms with Gasteiger partial charge in [-0.05, 0) is 25.5 Å². The van der Waals surface area contributed by atoms with E-state index in [-0.39, 0.29) is 12.2 Å². The Morgan fingerprint density at radius 1 is 1.47 bits per heavy atom. The molecule has 0 spiro atoms. The van der Waals surface area contributed by atoms with Crippen LogP contribution in [0.2, 0.25) is 0 Å². The van der Waals surface area contributed by atoms with Crippen molar-refractivity contribution in [1.82, 2.24) is 0 Å². The number of benzene rings is 1. The van der Waals surface area contributed by atoms with Crippen molar-refractivity contribution in [2.45, 2.75) is 30.8 Å². The first kappa shape index (κ1) is 14.1. The summed E-state index contributed by atoms with van der Waals surface area (Å²) in [5, 5.41) is 9.56. The maximum Gasteiger partial charge on any atom is 0.132 e. The number of para-hydroxylation sites is 1. The van der Waals surface area contributed by atoms with Crippen molar-refractivity contribution >= 4 is 17.5 Å². The van der Waals surface area contributed by atoms with E-state index in [4.69, 9.17) is 4.74 Å². The monoisotopic (exact) mass is 254 g/mol. The standard InChI is InChI=1S/C13H18O3S/c1-10(14)9-11(15)7-8-17-13-6-4-3-5-12(13)16-2/h3-6,11,15H,7-9H2,1-2H3. The smallest absolute Gasteiger partial charge is 0.132 e. The van der Waals surface area contributed by atoms with Crippen molar-refractivity contribution in [3.05, 3.63) is 24.3 Å². The van der Waals surface area contributed by atoms with Gasteiger partial charge in [0.2, 0.25) is 0 Å². The Bertz CT molecular complexity index is 365. The molecular formula is C13H18O3S. The molecule has 0 aromatic heterocycles. The van der Waals surface area contributed by atoms with Crippen LogP contribution in [-0.4, -0.2) is 29.9 Å². The first-order valence-corrected chi connectivity index (χ1v) is 6.55. The molecule has 1 atom stereocenters. The van der Waals surface area contributed by atoms with Crippen LogP contribution in [0, 0.1) is 0 Å². The molecular weight excluding hydrogens is 236 g/mol. The van der Waals surface area contributed by atoms with Gasteiger partial charge in [0.15, 0.2) is 0 Å². The van der Waals surface area contributed by atoms with E-state index in [1.54, 1.807) is 18.9 Å². The summed E-state index contributed by atoms with van der Waals surface area (Å²) in [5.74, 6) is 1.65. The lowest BCUT2D eigenvalue weighted by Gasteiger charge is -2.10. The summed E-state index contributed by atoms with van der Waals surface area (Å²) in [6.07, 6.45) is 0.323. The van der Waals surface area contributed by atoms with Crippen LogP contribution >= 0.6 is 11.8 Å². The van der Waals surface area contributed by atoms with Crippen molar-refractivity contribution in [2.24, 2.45) is 0 Å². The topological polar surface area (TPSA) is 46.5 Å². The highest BCUT2D eigenvalue weighted by Gasteiger charge is 2.08. The number of ether oxygens (including phenoxy) is 1. The number of aliphatic hydroxyl groups excluding tert-OH is 1. The highest BCUT2D eigenvalue weighted by atomic mass is 32.2. The predicted molar refractivity (Wildman–Crippen MR) is 69.6 cm³/mol. The van der Waals surface area contributed by atoms with Gasteiger partial charge in [-0.25, -0.2) is 0 Å². The van der Waals surface area contributed by atoms with Gasteiger partial charge in [0, 0.05) is 17.1 Å². The van der Waals surface area contributed by atoms with Gasteiger partial charge in [-0.1, -0.05) is 12.1 Å². The van der Waals surface area contributed by atoms with Crippen LogP contribution in [0.4, 0.5) is 0 Å². The fourth-order valence-electron chi connectivity index (χ4n) is 1.48. The molecule has 0 saturated heterocycles. The molecule has 0 aliphatic rings. The highest BCUT2D eigenvalue weighted by molar-refractivity contribution is 7.99. The number of Topliss-reactive ketones (excluding diaryl/α,β-unsaturated/α-hetero) is 1. The fraction of sp³-hybridized carbons (Fsp3) is 0.462. The molecule has 1 aromatic carbocycles. The number of hydrogen-bond donors (Lipinski definition) is 1. The maximum absolute atomic E-state index is 10.8. The number of thioether (sulfide) groups is 1. The molecule has 1 aromatic rings. The van der Waals surface area contributed by atoms with Gasteiger partial charge in [-0.3, -0.25) is 4.79 Å². The Morgan fingerprint density at radius 3 is 2.82 bits per heavy atom. The van der Waals surface area contributed by atoms with E-state index >= 15 is 0 Å². The molecule has 0 aliphatic carbocycles. The highest BCUT2D eigenvalue weighted by Crippen LogP contribution is 2.29. The van der Waals surface area contributed by atoms with Crippen LogP contribution in [0.3, 0.4) is 0 Å². The van der Waals surface area contributed by atoms with Gasteiger partial charge in [0.05, 0.1) is 13.2 Å². The third-order valence-corrected chi connectivity index (χ3v) is 3.39. The molecule has 1 unspecified atom stereocenters. The fourth-order valence-corrected chi connectivity index (χ4v) is 2.56. The van der Waals surface area contributed by atoms with Gasteiger partial charge in [-0.2, -0.15) is 0 Å². The Kier molecular flexibility index (Phi) is 6.08. The lowest BCUT2D eigenvalue weighted by Crippen LogP contribution is -2.11. The number of methoxy groups -OCH3 is 1. The minimum atomic E-state index is -0.533. The van der Waals surface area contributed by atoms with Crippen LogP contribution < -0.4 is 4.74 Å². The van der Waals surface area contributed by atoms with Gasteiger partial charge in [-0.15, -0.1) is 11.8 Å². The van der Waals surface area contributed by atoms with E-state index in [2.05, 4.69) is 0 Å². The molecule has 17 heavy (non-hydrogen) atoms. The number of carbonyl (C=O) groups is 1. The lowest BCUT2D eigenvalue weighted by molar-refractivity contribution is -0.118. The molecule has 0 fully saturated rings. The summed E-state index contributed by atoms with van der Waals surface area (Å²) < 4.78 is 5.23. The first-order valence-electron chi connectivity index (χ1n) is 5.56. The second-order valence-corrected chi connectivity index (χ2v) is 4.98. The number of hydrogen-bond acceptors (Lipinski definition) is 4. The quantitative estimate of drug-likeness (QED) is 0.759. The van der Waals surface area contributed by atoms with Crippen LogP contribution in [0.5, 0.6) is 5.75 Å². The summed E-state index contributed by atoms with van der Waals surface area (Å²) in [7, 11) is 1.64. The third kappa shape index (κ3) is 5.24. The Balaban J connectivity index is 2.37. The number of aliphatic hydroxyl groups is 1. The molecule has 3 nitrogen and oxygen atoms in total. The van der Waals surface area contributed by atoms with E-state index in [1.165, 1.54) is 6.92 Å². The number of rotatable bonds is 7. The number of ketones is 1. The molecule has 0 radical (unpaired) electrons. The van der Waals surface area contributed by atoms with E-state index in [1.807, 2.05) is 24.3 Å². The molecule has 0 heterocycles. The van der Waals surface area contributed by atoms with Crippen molar-refractivity contribution < 1.29 is 14.6 Å². The van der Waals surface area contributed by atoms with E-state index < -0.39 is 6.10 Å². The normalized spacial score (nSPS) is 12.2.